The molecule has 1 saturated heterocycles. The van der Waals surface area contributed by atoms with Crippen molar-refractivity contribution in [3.63, 3.8) is 0 Å². The summed E-state index contributed by atoms with van der Waals surface area (Å²) in [7, 11) is 0. The van der Waals surface area contributed by atoms with Crippen molar-refractivity contribution in [1.29, 1.82) is 0 Å². The molecule has 1 aliphatic heterocycles. The van der Waals surface area contributed by atoms with E-state index in [1.807, 2.05) is 22.6 Å². The number of aromatic hydroxyl groups is 1. The number of amides is 4. The highest BCUT2D eigenvalue weighted by atomic mass is 127. The molecule has 0 atom stereocenters. The van der Waals surface area contributed by atoms with E-state index in [1.54, 1.807) is 18.2 Å². The van der Waals surface area contributed by atoms with E-state index in [1.165, 1.54) is 24.3 Å². The van der Waals surface area contributed by atoms with Crippen molar-refractivity contribution >= 4 is 68.1 Å². The number of anilines is 1. The average molecular weight is 560 g/mol. The van der Waals surface area contributed by atoms with E-state index < -0.39 is 30.2 Å². The quantitative estimate of drug-likeness (QED) is 0.304. The van der Waals surface area contributed by atoms with Gasteiger partial charge in [-0.05, 0) is 74.4 Å². The first-order chi connectivity index (χ1) is 13.3. The second kappa shape index (κ2) is 8.27. The number of hydrogen-bond donors (Lipinski definition) is 3. The van der Waals surface area contributed by atoms with Crippen LogP contribution in [0.2, 0.25) is 0 Å². The third-order valence-electron chi connectivity index (χ3n) is 3.76. The van der Waals surface area contributed by atoms with Gasteiger partial charge >= 0.3 is 6.03 Å². The van der Waals surface area contributed by atoms with E-state index in [0.29, 0.717) is 13.6 Å². The molecule has 1 aliphatic rings. The van der Waals surface area contributed by atoms with Gasteiger partial charge in [0.2, 0.25) is 5.91 Å². The van der Waals surface area contributed by atoms with Crippen molar-refractivity contribution in [3.05, 3.63) is 61.5 Å². The van der Waals surface area contributed by atoms with Crippen molar-refractivity contribution < 1.29 is 23.9 Å². The molecule has 10 heteroatoms. The van der Waals surface area contributed by atoms with E-state index in [4.69, 9.17) is 0 Å². The molecule has 1 fully saturated rings. The van der Waals surface area contributed by atoms with Gasteiger partial charge in [-0.15, -0.1) is 0 Å². The van der Waals surface area contributed by atoms with Crippen LogP contribution in [0.25, 0.3) is 6.08 Å². The fourth-order valence-corrected chi connectivity index (χ4v) is 3.94. The Balaban J connectivity index is 1.75. The Morgan fingerprint density at radius 1 is 1.32 bits per heavy atom. The van der Waals surface area contributed by atoms with Crippen LogP contribution in [0.3, 0.4) is 0 Å². The van der Waals surface area contributed by atoms with E-state index in [-0.39, 0.29) is 17.1 Å². The second-order valence-corrected chi connectivity index (χ2v) is 7.76. The number of phenolic OH excluding ortho intramolecular Hbond substituents is 1. The topological polar surface area (TPSA) is 98.7 Å². The van der Waals surface area contributed by atoms with Crippen LogP contribution in [0.1, 0.15) is 5.56 Å². The standard InChI is InChI=1S/C18H12BrFIN3O4/c19-10-5-9(6-12(21)16(10)26)7-14-17(27)24(18(28)23-14)8-15(25)22-13-4-2-1-3-11(13)20/h1-7,26H,8H2,(H,22,25)(H,23,28)/b14-7+. The monoisotopic (exact) mass is 559 g/mol. The van der Waals surface area contributed by atoms with E-state index in [2.05, 4.69) is 26.6 Å². The lowest BCUT2D eigenvalue weighted by molar-refractivity contribution is -0.127. The lowest BCUT2D eigenvalue weighted by Crippen LogP contribution is -2.38. The molecule has 0 radical (unpaired) electrons. The summed E-state index contributed by atoms with van der Waals surface area (Å²) in [6.45, 7) is -0.562. The molecule has 0 unspecified atom stereocenters. The van der Waals surface area contributed by atoms with Gasteiger partial charge in [0.15, 0.2) is 0 Å². The molecular weight excluding hydrogens is 548 g/mol. The summed E-state index contributed by atoms with van der Waals surface area (Å²) in [5.74, 6) is -1.96. The molecule has 0 aromatic heterocycles. The predicted octanol–water partition coefficient (Wildman–Crippen LogP) is 3.43. The first-order valence-electron chi connectivity index (χ1n) is 7.83. The number of carbonyl (C=O) groups excluding carboxylic acids is 3. The van der Waals surface area contributed by atoms with Crippen molar-refractivity contribution in [2.24, 2.45) is 0 Å². The number of phenols is 1. The van der Waals surface area contributed by atoms with Crippen molar-refractivity contribution in [2.75, 3.05) is 11.9 Å². The van der Waals surface area contributed by atoms with Crippen molar-refractivity contribution in [3.8, 4) is 5.75 Å². The zero-order valence-corrected chi connectivity index (χ0v) is 17.7. The number of halogens is 3. The maximum atomic E-state index is 13.6. The minimum Gasteiger partial charge on any atom is -0.506 e. The molecular formula is C18H12BrFIN3O4. The van der Waals surface area contributed by atoms with Gasteiger partial charge < -0.3 is 15.7 Å². The molecule has 7 nitrogen and oxygen atoms in total. The largest absolute Gasteiger partial charge is 0.506 e. The third-order valence-corrected chi connectivity index (χ3v) is 5.19. The van der Waals surface area contributed by atoms with Gasteiger partial charge in [-0.1, -0.05) is 12.1 Å². The molecule has 144 valence electrons. The Morgan fingerprint density at radius 3 is 2.71 bits per heavy atom. The summed E-state index contributed by atoms with van der Waals surface area (Å²) in [5.41, 5.74) is 0.506. The molecule has 2 aromatic rings. The Labute approximate surface area is 180 Å². The normalized spacial score (nSPS) is 15.1. The highest BCUT2D eigenvalue weighted by Crippen LogP contribution is 2.31. The molecule has 3 rings (SSSR count). The number of nitrogens with one attached hydrogen (secondary N) is 2. The van der Waals surface area contributed by atoms with Gasteiger partial charge in [-0.2, -0.15) is 0 Å². The van der Waals surface area contributed by atoms with Gasteiger partial charge in [-0.25, -0.2) is 14.1 Å². The number of benzene rings is 2. The number of carbonyl (C=O) groups is 3. The Bertz CT molecular complexity index is 1000. The van der Waals surface area contributed by atoms with E-state index in [9.17, 15) is 23.9 Å². The summed E-state index contributed by atoms with van der Waals surface area (Å²) < 4.78 is 14.6. The number of imide groups is 1. The Hall–Kier alpha value is -2.47. The number of hydrogen-bond acceptors (Lipinski definition) is 4. The number of urea groups is 1. The van der Waals surface area contributed by atoms with Gasteiger partial charge in [0.05, 0.1) is 13.7 Å². The summed E-state index contributed by atoms with van der Waals surface area (Å²) in [5, 5.41) is 14.5. The predicted molar refractivity (Wildman–Crippen MR) is 112 cm³/mol. The number of nitrogens with zero attached hydrogens (tertiary/aromatic N) is 1. The van der Waals surface area contributed by atoms with Crippen LogP contribution in [0.15, 0.2) is 46.6 Å². The van der Waals surface area contributed by atoms with E-state index in [0.717, 1.165) is 4.90 Å². The number of para-hydroxylation sites is 1. The summed E-state index contributed by atoms with van der Waals surface area (Å²) >= 11 is 5.13. The first-order valence-corrected chi connectivity index (χ1v) is 9.70. The Kier molecular flexibility index (Phi) is 5.98. The van der Waals surface area contributed by atoms with Crippen molar-refractivity contribution in [1.82, 2.24) is 10.2 Å². The lowest BCUT2D eigenvalue weighted by atomic mass is 10.2. The van der Waals surface area contributed by atoms with Crippen molar-refractivity contribution in [2.45, 2.75) is 0 Å². The second-order valence-electron chi connectivity index (χ2n) is 5.74. The van der Waals surface area contributed by atoms with Crippen LogP contribution in [-0.2, 0) is 9.59 Å². The van der Waals surface area contributed by atoms with Crippen LogP contribution in [0, 0.1) is 9.39 Å². The van der Waals surface area contributed by atoms with Crippen LogP contribution >= 0.6 is 38.5 Å². The lowest BCUT2D eigenvalue weighted by Gasteiger charge is -2.12. The van der Waals surface area contributed by atoms with Gasteiger partial charge in [-0.3, -0.25) is 9.59 Å². The highest BCUT2D eigenvalue weighted by molar-refractivity contribution is 14.1. The molecule has 0 spiro atoms. The van der Waals surface area contributed by atoms with Crippen LogP contribution in [0.4, 0.5) is 14.9 Å². The molecule has 1 heterocycles. The van der Waals surface area contributed by atoms with E-state index >= 15 is 0 Å². The summed E-state index contributed by atoms with van der Waals surface area (Å²) in [6, 6.07) is 8.02. The zero-order valence-electron chi connectivity index (χ0n) is 14.0. The molecule has 0 saturated carbocycles. The fraction of sp³-hybridized carbons (Fsp3) is 0.0556. The average Bonchev–Trinajstić information content (AvgIpc) is 2.89. The third kappa shape index (κ3) is 4.33. The minimum atomic E-state index is -0.757. The molecule has 2 aromatic carbocycles. The first kappa shape index (κ1) is 20.3. The zero-order chi connectivity index (χ0) is 20.4. The summed E-state index contributed by atoms with van der Waals surface area (Å²) in [6.07, 6.45) is 1.43. The highest BCUT2D eigenvalue weighted by Gasteiger charge is 2.35. The van der Waals surface area contributed by atoms with Gasteiger partial charge in [0.1, 0.15) is 23.8 Å². The SMILES string of the molecule is O=C(CN1C(=O)N/C(=C/c2cc(Br)c(O)c(I)c2)C1=O)Nc1ccccc1F. The van der Waals surface area contributed by atoms with Crippen LogP contribution < -0.4 is 10.6 Å². The smallest absolute Gasteiger partial charge is 0.329 e. The number of rotatable bonds is 4. The molecule has 0 bridgehead atoms. The van der Waals surface area contributed by atoms with Gasteiger partial charge in [0, 0.05) is 0 Å². The fourth-order valence-electron chi connectivity index (χ4n) is 2.45. The molecule has 3 N–H and O–H groups in total. The molecule has 0 aliphatic carbocycles. The van der Waals surface area contributed by atoms with Crippen LogP contribution in [0.5, 0.6) is 5.75 Å². The summed E-state index contributed by atoms with van der Waals surface area (Å²) in [4.78, 5) is 37.4. The maximum Gasteiger partial charge on any atom is 0.329 e. The molecule has 4 amide bonds. The van der Waals surface area contributed by atoms with Crippen LogP contribution in [-0.4, -0.2) is 34.4 Å². The maximum absolute atomic E-state index is 13.6. The minimum absolute atomic E-state index is 0.0166. The van der Waals surface area contributed by atoms with Gasteiger partial charge in [0.25, 0.3) is 5.91 Å². The Morgan fingerprint density at radius 2 is 2.04 bits per heavy atom. The molecule has 28 heavy (non-hydrogen) atoms.